The lowest BCUT2D eigenvalue weighted by Gasteiger charge is -2.21. The third-order valence-electron chi connectivity index (χ3n) is 4.09. The quantitative estimate of drug-likeness (QED) is 0.863. The maximum Gasteiger partial charge on any atom is 0.186 e. The van der Waals surface area contributed by atoms with Gasteiger partial charge in [-0.3, -0.25) is 0 Å². The van der Waals surface area contributed by atoms with Gasteiger partial charge in [0.2, 0.25) is 0 Å². The van der Waals surface area contributed by atoms with Crippen LogP contribution in [-0.2, 0) is 6.42 Å². The van der Waals surface area contributed by atoms with E-state index in [-0.39, 0.29) is 0 Å². The summed E-state index contributed by atoms with van der Waals surface area (Å²) < 4.78 is 0. The minimum Gasteiger partial charge on any atom is -0.345 e. The summed E-state index contributed by atoms with van der Waals surface area (Å²) in [6.45, 7) is 6.69. The molecule has 1 N–H and O–H groups in total. The molecule has 19 heavy (non-hydrogen) atoms. The van der Waals surface area contributed by atoms with Crippen molar-refractivity contribution >= 4 is 16.5 Å². The molecule has 1 saturated carbocycles. The minimum atomic E-state index is 0.558. The molecular formula is C15H25N3S. The molecule has 3 rings (SSSR count). The fourth-order valence-electron chi connectivity index (χ4n) is 3.03. The average molecular weight is 279 g/mol. The molecule has 0 radical (unpaired) electrons. The van der Waals surface area contributed by atoms with Crippen LogP contribution in [0.3, 0.4) is 0 Å². The SMILES string of the molecule is CCCN(c1nc2c(s1)C(NCC)CCC2)C1CC1. The molecule has 1 heterocycles. The van der Waals surface area contributed by atoms with Gasteiger partial charge in [0.1, 0.15) is 0 Å². The monoisotopic (exact) mass is 279 g/mol. The van der Waals surface area contributed by atoms with E-state index in [2.05, 4.69) is 24.1 Å². The van der Waals surface area contributed by atoms with E-state index in [1.165, 1.54) is 60.8 Å². The highest BCUT2D eigenvalue weighted by Crippen LogP contribution is 2.40. The first kappa shape index (κ1) is 13.4. The van der Waals surface area contributed by atoms with E-state index in [0.29, 0.717) is 6.04 Å². The van der Waals surface area contributed by atoms with E-state index >= 15 is 0 Å². The molecule has 0 amide bonds. The Morgan fingerprint density at radius 2 is 2.16 bits per heavy atom. The Kier molecular flexibility index (Phi) is 4.08. The van der Waals surface area contributed by atoms with Crippen molar-refractivity contribution in [3.05, 3.63) is 10.6 Å². The van der Waals surface area contributed by atoms with Crippen molar-refractivity contribution in [2.45, 2.75) is 64.5 Å². The highest BCUT2D eigenvalue weighted by molar-refractivity contribution is 7.15. The van der Waals surface area contributed by atoms with E-state index in [1.807, 2.05) is 11.3 Å². The first-order chi connectivity index (χ1) is 9.33. The summed E-state index contributed by atoms with van der Waals surface area (Å²) >= 11 is 1.95. The number of fused-ring (bicyclic) bond motifs is 1. The zero-order valence-corrected chi connectivity index (χ0v) is 12.9. The lowest BCUT2D eigenvalue weighted by atomic mass is 9.98. The normalized spacial score (nSPS) is 22.3. The highest BCUT2D eigenvalue weighted by Gasteiger charge is 2.32. The molecule has 1 unspecified atom stereocenters. The van der Waals surface area contributed by atoms with Crippen LogP contribution in [0.4, 0.5) is 5.13 Å². The molecule has 3 nitrogen and oxygen atoms in total. The summed E-state index contributed by atoms with van der Waals surface area (Å²) in [5, 5.41) is 4.91. The number of hydrogen-bond donors (Lipinski definition) is 1. The first-order valence-corrected chi connectivity index (χ1v) is 8.64. The van der Waals surface area contributed by atoms with Crippen molar-refractivity contribution in [1.29, 1.82) is 0 Å². The summed E-state index contributed by atoms with van der Waals surface area (Å²) in [4.78, 5) is 9.05. The minimum absolute atomic E-state index is 0.558. The maximum atomic E-state index is 4.97. The van der Waals surface area contributed by atoms with Crippen molar-refractivity contribution in [3.8, 4) is 0 Å². The Balaban J connectivity index is 1.83. The molecule has 4 heteroatoms. The van der Waals surface area contributed by atoms with E-state index in [1.54, 1.807) is 0 Å². The van der Waals surface area contributed by atoms with Gasteiger partial charge in [-0.1, -0.05) is 25.2 Å². The molecule has 1 fully saturated rings. The van der Waals surface area contributed by atoms with Gasteiger partial charge in [0.15, 0.2) is 5.13 Å². The van der Waals surface area contributed by atoms with E-state index in [0.717, 1.165) is 12.6 Å². The number of rotatable bonds is 6. The molecule has 0 saturated heterocycles. The second-order valence-electron chi connectivity index (χ2n) is 5.73. The first-order valence-electron chi connectivity index (χ1n) is 7.83. The summed E-state index contributed by atoms with van der Waals surface area (Å²) in [7, 11) is 0. The summed E-state index contributed by atoms with van der Waals surface area (Å²) in [6, 6.07) is 1.34. The van der Waals surface area contributed by atoms with Crippen molar-refractivity contribution in [1.82, 2.24) is 10.3 Å². The van der Waals surface area contributed by atoms with Crippen molar-refractivity contribution in [3.63, 3.8) is 0 Å². The van der Waals surface area contributed by atoms with Gasteiger partial charge >= 0.3 is 0 Å². The molecule has 106 valence electrons. The fraction of sp³-hybridized carbons (Fsp3) is 0.800. The number of nitrogens with zero attached hydrogens (tertiary/aromatic N) is 2. The average Bonchev–Trinajstić information content (AvgIpc) is 3.15. The molecule has 2 aliphatic rings. The molecule has 1 atom stereocenters. The number of aromatic nitrogens is 1. The number of aryl methyl sites for hydroxylation is 1. The van der Waals surface area contributed by atoms with Gasteiger partial charge < -0.3 is 10.2 Å². The molecular weight excluding hydrogens is 254 g/mol. The smallest absolute Gasteiger partial charge is 0.186 e. The molecule has 0 bridgehead atoms. The Bertz CT molecular complexity index is 425. The second kappa shape index (κ2) is 5.80. The summed E-state index contributed by atoms with van der Waals surface area (Å²) in [5.41, 5.74) is 1.37. The Labute approximate surface area is 120 Å². The van der Waals surface area contributed by atoms with Gasteiger partial charge in [-0.15, -0.1) is 0 Å². The van der Waals surface area contributed by atoms with Crippen LogP contribution in [0.2, 0.25) is 0 Å². The standard InChI is InChI=1S/C15H25N3S/c1-3-10-18(11-8-9-11)15-17-13-7-5-6-12(16-4-2)14(13)19-15/h11-12,16H,3-10H2,1-2H3. The van der Waals surface area contributed by atoms with Gasteiger partial charge in [-0.2, -0.15) is 0 Å². The molecule has 0 aliphatic heterocycles. The van der Waals surface area contributed by atoms with Crippen LogP contribution in [-0.4, -0.2) is 24.1 Å². The number of hydrogen-bond acceptors (Lipinski definition) is 4. The largest absolute Gasteiger partial charge is 0.345 e. The Morgan fingerprint density at radius 1 is 1.32 bits per heavy atom. The maximum absolute atomic E-state index is 4.97. The van der Waals surface area contributed by atoms with Crippen LogP contribution >= 0.6 is 11.3 Å². The highest BCUT2D eigenvalue weighted by atomic mass is 32.1. The predicted molar refractivity (Wildman–Crippen MR) is 82.1 cm³/mol. The molecule has 1 aromatic heterocycles. The third kappa shape index (κ3) is 2.79. The zero-order valence-electron chi connectivity index (χ0n) is 12.1. The predicted octanol–water partition coefficient (Wildman–Crippen LogP) is 3.51. The summed E-state index contributed by atoms with van der Waals surface area (Å²) in [6.07, 6.45) is 7.68. The lowest BCUT2D eigenvalue weighted by Crippen LogP contribution is -2.26. The molecule has 0 aromatic carbocycles. The van der Waals surface area contributed by atoms with Crippen LogP contribution in [0.1, 0.15) is 62.6 Å². The van der Waals surface area contributed by atoms with Crippen LogP contribution in [0.25, 0.3) is 0 Å². The molecule has 0 spiro atoms. The van der Waals surface area contributed by atoms with E-state index in [9.17, 15) is 0 Å². The van der Waals surface area contributed by atoms with Crippen molar-refractivity contribution in [2.24, 2.45) is 0 Å². The number of thiazole rings is 1. The fourth-order valence-corrected chi connectivity index (χ4v) is 4.35. The van der Waals surface area contributed by atoms with Gasteiger partial charge in [0, 0.05) is 23.5 Å². The summed E-state index contributed by atoms with van der Waals surface area (Å²) in [5.74, 6) is 0. The molecule has 2 aliphatic carbocycles. The Morgan fingerprint density at radius 3 is 2.84 bits per heavy atom. The topological polar surface area (TPSA) is 28.2 Å². The van der Waals surface area contributed by atoms with Gasteiger partial charge in [-0.25, -0.2) is 4.98 Å². The van der Waals surface area contributed by atoms with Crippen molar-refractivity contribution in [2.75, 3.05) is 18.0 Å². The number of nitrogens with one attached hydrogen (secondary N) is 1. The third-order valence-corrected chi connectivity index (χ3v) is 5.34. The second-order valence-corrected chi connectivity index (χ2v) is 6.74. The van der Waals surface area contributed by atoms with Gasteiger partial charge in [0.05, 0.1) is 5.69 Å². The lowest BCUT2D eigenvalue weighted by molar-refractivity contribution is 0.476. The van der Waals surface area contributed by atoms with Crippen molar-refractivity contribution < 1.29 is 0 Å². The van der Waals surface area contributed by atoms with Gasteiger partial charge in [-0.05, 0) is 45.1 Å². The van der Waals surface area contributed by atoms with E-state index < -0.39 is 0 Å². The zero-order chi connectivity index (χ0) is 13.2. The number of anilines is 1. The van der Waals surface area contributed by atoms with Crippen LogP contribution in [0.15, 0.2) is 0 Å². The Hall–Kier alpha value is -0.610. The van der Waals surface area contributed by atoms with Crippen LogP contribution in [0, 0.1) is 0 Å². The van der Waals surface area contributed by atoms with Crippen LogP contribution in [0.5, 0.6) is 0 Å². The van der Waals surface area contributed by atoms with Gasteiger partial charge in [0.25, 0.3) is 0 Å². The van der Waals surface area contributed by atoms with Crippen LogP contribution < -0.4 is 10.2 Å². The van der Waals surface area contributed by atoms with E-state index in [4.69, 9.17) is 4.98 Å². The molecule has 1 aromatic rings.